The minimum atomic E-state index is -3.87. The van der Waals surface area contributed by atoms with E-state index < -0.39 is 10.0 Å². The molecule has 2 N–H and O–H groups in total. The highest BCUT2D eigenvalue weighted by molar-refractivity contribution is 9.10. The average molecular weight is 554 g/mol. The molecule has 3 rings (SSSR count). The standard InChI is InChI=1S/C23H22BrClN2O5S/c1-15(16-4-3-5-17(24)12-16)26-23(28)14-32-22-11-10-20(13-21(22)25)33(29,30)27-18-6-8-19(31-2)9-7-18/h3-13,15,27H,14H2,1-2H3,(H,26,28)/t15-/m1/s1. The molecule has 0 aromatic heterocycles. The lowest BCUT2D eigenvalue weighted by molar-refractivity contribution is -0.123. The number of amides is 1. The summed E-state index contributed by atoms with van der Waals surface area (Å²) < 4.78 is 39.3. The first-order valence-corrected chi connectivity index (χ1v) is 12.5. The van der Waals surface area contributed by atoms with Gasteiger partial charge in [0.05, 0.1) is 23.1 Å². The first kappa shape index (κ1) is 24.9. The van der Waals surface area contributed by atoms with Crippen LogP contribution >= 0.6 is 27.5 Å². The third kappa shape index (κ3) is 6.86. The molecule has 0 fully saturated rings. The third-order valence-corrected chi connectivity index (χ3v) is 6.81. The summed E-state index contributed by atoms with van der Waals surface area (Å²) in [5.41, 5.74) is 1.32. The van der Waals surface area contributed by atoms with Crippen LogP contribution in [0.1, 0.15) is 18.5 Å². The zero-order valence-electron chi connectivity index (χ0n) is 17.8. The molecule has 174 valence electrons. The van der Waals surface area contributed by atoms with E-state index in [2.05, 4.69) is 26.0 Å². The fourth-order valence-corrected chi connectivity index (χ4v) is 4.73. The van der Waals surface area contributed by atoms with Crippen LogP contribution in [0.3, 0.4) is 0 Å². The van der Waals surface area contributed by atoms with Crippen molar-refractivity contribution >= 4 is 49.1 Å². The van der Waals surface area contributed by atoms with Crippen molar-refractivity contribution in [3.8, 4) is 11.5 Å². The number of anilines is 1. The zero-order valence-corrected chi connectivity index (χ0v) is 21.0. The average Bonchev–Trinajstić information content (AvgIpc) is 2.78. The van der Waals surface area contributed by atoms with Gasteiger partial charge in [0.25, 0.3) is 15.9 Å². The fourth-order valence-electron chi connectivity index (χ4n) is 2.92. The number of benzene rings is 3. The van der Waals surface area contributed by atoms with Crippen LogP contribution in [0, 0.1) is 0 Å². The first-order valence-electron chi connectivity index (χ1n) is 9.82. The van der Waals surface area contributed by atoms with Gasteiger partial charge in [0.15, 0.2) is 6.61 Å². The molecule has 10 heteroatoms. The van der Waals surface area contributed by atoms with Crippen LogP contribution in [0.4, 0.5) is 5.69 Å². The predicted octanol–water partition coefficient (Wildman–Crippen LogP) is 5.17. The molecule has 0 aliphatic rings. The van der Waals surface area contributed by atoms with E-state index in [1.54, 1.807) is 24.3 Å². The molecular formula is C23H22BrClN2O5S. The highest BCUT2D eigenvalue weighted by Crippen LogP contribution is 2.28. The maximum Gasteiger partial charge on any atom is 0.261 e. The molecular weight excluding hydrogens is 532 g/mol. The van der Waals surface area contributed by atoms with Crippen molar-refractivity contribution < 1.29 is 22.7 Å². The Morgan fingerprint density at radius 2 is 1.82 bits per heavy atom. The number of sulfonamides is 1. The maximum absolute atomic E-state index is 12.7. The second-order valence-corrected chi connectivity index (χ2v) is 10.1. The van der Waals surface area contributed by atoms with E-state index in [0.717, 1.165) is 10.0 Å². The quantitative estimate of drug-likeness (QED) is 0.381. The van der Waals surface area contributed by atoms with E-state index in [-0.39, 0.29) is 34.2 Å². The van der Waals surface area contributed by atoms with Crippen LogP contribution in [0.5, 0.6) is 11.5 Å². The molecule has 0 aliphatic carbocycles. The summed E-state index contributed by atoms with van der Waals surface area (Å²) in [6.07, 6.45) is 0. The summed E-state index contributed by atoms with van der Waals surface area (Å²) in [5.74, 6) is 0.472. The van der Waals surface area contributed by atoms with Gasteiger partial charge in [-0.1, -0.05) is 39.7 Å². The van der Waals surface area contributed by atoms with Gasteiger partial charge in [-0.3, -0.25) is 9.52 Å². The van der Waals surface area contributed by atoms with E-state index in [0.29, 0.717) is 11.4 Å². The van der Waals surface area contributed by atoms with Crippen LogP contribution in [0.15, 0.2) is 76.1 Å². The molecule has 0 radical (unpaired) electrons. The lowest BCUT2D eigenvalue weighted by Crippen LogP contribution is -2.31. The molecule has 0 aliphatic heterocycles. The summed E-state index contributed by atoms with van der Waals surface area (Å²) in [6.45, 7) is 1.59. The molecule has 0 unspecified atom stereocenters. The molecule has 0 heterocycles. The molecule has 1 atom stereocenters. The molecule has 0 spiro atoms. The molecule has 3 aromatic carbocycles. The number of rotatable bonds is 9. The minimum absolute atomic E-state index is 0.0385. The Balaban J connectivity index is 1.60. The van der Waals surface area contributed by atoms with E-state index in [4.69, 9.17) is 21.1 Å². The van der Waals surface area contributed by atoms with Crippen molar-refractivity contribution in [1.29, 1.82) is 0 Å². The van der Waals surface area contributed by atoms with Gasteiger partial charge in [0, 0.05) is 10.2 Å². The topological polar surface area (TPSA) is 93.7 Å². The highest BCUT2D eigenvalue weighted by Gasteiger charge is 2.17. The Morgan fingerprint density at radius 1 is 1.09 bits per heavy atom. The number of hydrogen-bond acceptors (Lipinski definition) is 5. The summed E-state index contributed by atoms with van der Waals surface area (Å²) in [4.78, 5) is 12.2. The summed E-state index contributed by atoms with van der Waals surface area (Å²) >= 11 is 9.62. The van der Waals surface area contributed by atoms with Gasteiger partial charge in [-0.15, -0.1) is 0 Å². The Bertz CT molecular complexity index is 1240. The second kappa shape index (κ2) is 10.9. The molecule has 0 saturated heterocycles. The smallest absolute Gasteiger partial charge is 0.261 e. The first-order chi connectivity index (χ1) is 15.7. The minimum Gasteiger partial charge on any atom is -0.497 e. The predicted molar refractivity (Wildman–Crippen MR) is 131 cm³/mol. The van der Waals surface area contributed by atoms with Gasteiger partial charge in [-0.05, 0) is 67.1 Å². The monoisotopic (exact) mass is 552 g/mol. The van der Waals surface area contributed by atoms with Crippen LogP contribution in [-0.4, -0.2) is 28.0 Å². The van der Waals surface area contributed by atoms with Gasteiger partial charge in [0.2, 0.25) is 0 Å². The van der Waals surface area contributed by atoms with Gasteiger partial charge >= 0.3 is 0 Å². The van der Waals surface area contributed by atoms with E-state index >= 15 is 0 Å². The lowest BCUT2D eigenvalue weighted by Gasteiger charge is -2.15. The Labute approximate surface area is 206 Å². The Morgan fingerprint density at radius 3 is 2.45 bits per heavy atom. The number of nitrogens with one attached hydrogen (secondary N) is 2. The number of hydrogen-bond donors (Lipinski definition) is 2. The normalized spacial score (nSPS) is 12.0. The Hall–Kier alpha value is -2.75. The van der Waals surface area contributed by atoms with Gasteiger partial charge in [-0.2, -0.15) is 0 Å². The van der Waals surface area contributed by atoms with Crippen molar-refractivity contribution in [3.63, 3.8) is 0 Å². The molecule has 0 saturated carbocycles. The van der Waals surface area contributed by atoms with Crippen molar-refractivity contribution in [1.82, 2.24) is 5.32 Å². The van der Waals surface area contributed by atoms with E-state index in [9.17, 15) is 13.2 Å². The number of carbonyl (C=O) groups is 1. The van der Waals surface area contributed by atoms with Gasteiger partial charge in [-0.25, -0.2) is 8.42 Å². The molecule has 33 heavy (non-hydrogen) atoms. The van der Waals surface area contributed by atoms with Crippen molar-refractivity contribution in [3.05, 3.63) is 81.8 Å². The fraction of sp³-hybridized carbons (Fsp3) is 0.174. The molecule has 0 bridgehead atoms. The largest absolute Gasteiger partial charge is 0.497 e. The lowest BCUT2D eigenvalue weighted by atomic mass is 10.1. The van der Waals surface area contributed by atoms with E-state index in [1.807, 2.05) is 31.2 Å². The number of carbonyl (C=O) groups excluding carboxylic acids is 1. The second-order valence-electron chi connectivity index (χ2n) is 7.06. The molecule has 3 aromatic rings. The molecule has 7 nitrogen and oxygen atoms in total. The van der Waals surface area contributed by atoms with Crippen LogP contribution in [0.2, 0.25) is 5.02 Å². The summed E-state index contributed by atoms with van der Waals surface area (Å²) in [6, 6.07) is 17.9. The SMILES string of the molecule is COc1ccc(NS(=O)(=O)c2ccc(OCC(=O)N[C@H](C)c3cccc(Br)c3)c(Cl)c2)cc1. The molecule has 1 amide bonds. The Kier molecular flexibility index (Phi) is 8.23. The maximum atomic E-state index is 12.7. The van der Waals surface area contributed by atoms with Crippen molar-refractivity contribution in [2.45, 2.75) is 17.9 Å². The number of halogens is 2. The number of methoxy groups -OCH3 is 1. The van der Waals surface area contributed by atoms with Gasteiger partial charge < -0.3 is 14.8 Å². The van der Waals surface area contributed by atoms with Crippen LogP contribution < -0.4 is 19.5 Å². The van der Waals surface area contributed by atoms with E-state index in [1.165, 1.54) is 25.3 Å². The van der Waals surface area contributed by atoms with Crippen LogP contribution in [0.25, 0.3) is 0 Å². The summed E-state index contributed by atoms with van der Waals surface area (Å²) in [7, 11) is -2.34. The van der Waals surface area contributed by atoms with Crippen molar-refractivity contribution in [2.75, 3.05) is 18.4 Å². The van der Waals surface area contributed by atoms with Gasteiger partial charge in [0.1, 0.15) is 11.5 Å². The summed E-state index contributed by atoms with van der Waals surface area (Å²) in [5, 5.41) is 2.91. The van der Waals surface area contributed by atoms with Crippen LogP contribution in [-0.2, 0) is 14.8 Å². The number of ether oxygens (including phenoxy) is 2. The highest BCUT2D eigenvalue weighted by atomic mass is 79.9. The zero-order chi connectivity index (χ0) is 24.0. The third-order valence-electron chi connectivity index (χ3n) is 4.64. The van der Waals surface area contributed by atoms with Crippen molar-refractivity contribution in [2.24, 2.45) is 0 Å².